The van der Waals surface area contributed by atoms with Gasteiger partial charge >= 0.3 is 0 Å². The summed E-state index contributed by atoms with van der Waals surface area (Å²) < 4.78 is 43.7. The van der Waals surface area contributed by atoms with Crippen LogP contribution in [0.3, 0.4) is 0 Å². The lowest BCUT2D eigenvalue weighted by Gasteiger charge is -2.34. The molecule has 2 unspecified atom stereocenters. The Morgan fingerprint density at radius 3 is 2.28 bits per heavy atom. The van der Waals surface area contributed by atoms with Crippen molar-refractivity contribution in [2.24, 2.45) is 0 Å². The summed E-state index contributed by atoms with van der Waals surface area (Å²) in [4.78, 5) is 2.55. The van der Waals surface area contributed by atoms with Gasteiger partial charge in [-0.1, -0.05) is 43.7 Å². The topological polar surface area (TPSA) is 46.6 Å². The van der Waals surface area contributed by atoms with E-state index in [0.29, 0.717) is 0 Å². The SMILES string of the molecule is CC(CCC(COS(=O)(=O)c1ccccc1)N1CCCCC1)c1ccc(F)cc1. The average Bonchev–Trinajstić information content (AvgIpc) is 2.75. The number of benzene rings is 2. The molecule has 158 valence electrons. The van der Waals surface area contributed by atoms with Crippen LogP contribution in [0.1, 0.15) is 50.5 Å². The van der Waals surface area contributed by atoms with Gasteiger partial charge in [-0.2, -0.15) is 8.42 Å². The standard InChI is InChI=1S/C23H30FNO3S/c1-19(20-11-13-21(24)14-12-20)10-15-22(25-16-6-3-7-17-25)18-28-29(26,27)23-8-4-2-5-9-23/h2,4-5,8-9,11-14,19,22H,3,6-7,10,15-18H2,1H3. The summed E-state index contributed by atoms with van der Waals surface area (Å²) in [7, 11) is -3.76. The van der Waals surface area contributed by atoms with Gasteiger partial charge in [0.1, 0.15) is 5.82 Å². The number of hydrogen-bond donors (Lipinski definition) is 0. The van der Waals surface area contributed by atoms with Crippen molar-refractivity contribution in [1.29, 1.82) is 0 Å². The van der Waals surface area contributed by atoms with E-state index in [2.05, 4.69) is 11.8 Å². The maximum Gasteiger partial charge on any atom is 0.297 e. The lowest BCUT2D eigenvalue weighted by molar-refractivity contribution is 0.107. The molecule has 0 radical (unpaired) electrons. The van der Waals surface area contributed by atoms with Crippen LogP contribution in [-0.2, 0) is 14.3 Å². The molecule has 0 aromatic heterocycles. The molecule has 4 nitrogen and oxygen atoms in total. The van der Waals surface area contributed by atoms with Crippen molar-refractivity contribution < 1.29 is 17.0 Å². The minimum atomic E-state index is -3.76. The van der Waals surface area contributed by atoms with Crippen LogP contribution in [0.15, 0.2) is 59.5 Å². The third-order valence-electron chi connectivity index (χ3n) is 5.73. The van der Waals surface area contributed by atoms with E-state index in [-0.39, 0.29) is 29.3 Å². The molecule has 0 spiro atoms. The summed E-state index contributed by atoms with van der Waals surface area (Å²) in [5.41, 5.74) is 1.10. The van der Waals surface area contributed by atoms with Gasteiger partial charge in [-0.05, 0) is 74.5 Å². The lowest BCUT2D eigenvalue weighted by Crippen LogP contribution is -2.42. The summed E-state index contributed by atoms with van der Waals surface area (Å²) in [5, 5.41) is 0. The van der Waals surface area contributed by atoms with Crippen molar-refractivity contribution in [3.63, 3.8) is 0 Å². The van der Waals surface area contributed by atoms with Gasteiger partial charge < -0.3 is 0 Å². The molecule has 2 aromatic carbocycles. The Morgan fingerprint density at radius 2 is 1.62 bits per heavy atom. The van der Waals surface area contributed by atoms with Gasteiger partial charge in [0, 0.05) is 6.04 Å². The number of likely N-dealkylation sites (tertiary alicyclic amines) is 1. The second-order valence-corrected chi connectivity index (χ2v) is 9.45. The Balaban J connectivity index is 1.63. The van der Waals surface area contributed by atoms with Gasteiger partial charge in [0.15, 0.2) is 0 Å². The number of halogens is 1. The van der Waals surface area contributed by atoms with Crippen LogP contribution in [0.4, 0.5) is 4.39 Å². The minimum absolute atomic E-state index is 0.0525. The van der Waals surface area contributed by atoms with E-state index in [1.807, 2.05) is 12.1 Å². The molecule has 0 amide bonds. The fourth-order valence-electron chi connectivity index (χ4n) is 3.88. The maximum atomic E-state index is 13.2. The molecule has 2 aromatic rings. The van der Waals surface area contributed by atoms with Crippen LogP contribution in [0.25, 0.3) is 0 Å². The fourth-order valence-corrected chi connectivity index (χ4v) is 4.84. The zero-order valence-corrected chi connectivity index (χ0v) is 17.8. The molecule has 2 atom stereocenters. The predicted octanol–water partition coefficient (Wildman–Crippen LogP) is 4.97. The summed E-state index contributed by atoms with van der Waals surface area (Å²) in [6.07, 6.45) is 5.22. The maximum absolute atomic E-state index is 13.2. The quantitative estimate of drug-likeness (QED) is 0.539. The van der Waals surface area contributed by atoms with Gasteiger partial charge in [-0.15, -0.1) is 0 Å². The van der Waals surface area contributed by atoms with Gasteiger partial charge in [0.25, 0.3) is 10.1 Å². The molecule has 0 bridgehead atoms. The molecule has 1 fully saturated rings. The Bertz CT molecular complexity index is 849. The van der Waals surface area contributed by atoms with E-state index in [4.69, 9.17) is 4.18 Å². The molecule has 0 aliphatic carbocycles. The zero-order valence-electron chi connectivity index (χ0n) is 17.0. The minimum Gasteiger partial charge on any atom is -0.298 e. The molecular formula is C23H30FNO3S. The highest BCUT2D eigenvalue weighted by Crippen LogP contribution is 2.25. The molecular weight excluding hydrogens is 389 g/mol. The van der Waals surface area contributed by atoms with Crippen LogP contribution in [0.2, 0.25) is 0 Å². The summed E-state index contributed by atoms with van der Waals surface area (Å²) in [5.74, 6) is 0.0419. The van der Waals surface area contributed by atoms with Crippen molar-refractivity contribution >= 4 is 10.1 Å². The molecule has 0 N–H and O–H groups in total. The lowest BCUT2D eigenvalue weighted by atomic mass is 9.93. The highest BCUT2D eigenvalue weighted by molar-refractivity contribution is 7.86. The summed E-state index contributed by atoms with van der Waals surface area (Å²) >= 11 is 0. The predicted molar refractivity (Wildman–Crippen MR) is 113 cm³/mol. The normalized spacial score (nSPS) is 17.7. The summed E-state index contributed by atoms with van der Waals surface area (Å²) in [6, 6.07) is 15.0. The highest BCUT2D eigenvalue weighted by Gasteiger charge is 2.25. The zero-order chi connectivity index (χ0) is 20.7. The number of piperidine rings is 1. The van der Waals surface area contributed by atoms with E-state index in [1.165, 1.54) is 18.6 Å². The Morgan fingerprint density at radius 1 is 0.966 bits per heavy atom. The third-order valence-corrected chi connectivity index (χ3v) is 7.02. The molecule has 1 aliphatic rings. The first-order valence-electron chi connectivity index (χ1n) is 10.4. The van der Waals surface area contributed by atoms with Crippen molar-refractivity contribution in [2.75, 3.05) is 19.7 Å². The number of rotatable bonds is 9. The Kier molecular flexibility index (Phi) is 7.81. The number of hydrogen-bond acceptors (Lipinski definition) is 4. The molecule has 29 heavy (non-hydrogen) atoms. The molecule has 0 saturated carbocycles. The van der Waals surface area contributed by atoms with Crippen LogP contribution >= 0.6 is 0 Å². The molecule has 1 heterocycles. The molecule has 1 aliphatic heterocycles. The fraction of sp³-hybridized carbons (Fsp3) is 0.478. The third kappa shape index (κ3) is 6.36. The Labute approximate surface area is 173 Å². The monoisotopic (exact) mass is 419 g/mol. The van der Waals surface area contributed by atoms with Gasteiger partial charge in [0.2, 0.25) is 0 Å². The van der Waals surface area contributed by atoms with E-state index < -0.39 is 10.1 Å². The smallest absolute Gasteiger partial charge is 0.297 e. The first-order valence-corrected chi connectivity index (χ1v) is 11.8. The van der Waals surface area contributed by atoms with Crippen molar-refractivity contribution in [3.05, 3.63) is 66.0 Å². The van der Waals surface area contributed by atoms with Crippen LogP contribution in [0, 0.1) is 5.82 Å². The number of nitrogens with zero attached hydrogens (tertiary/aromatic N) is 1. The first-order chi connectivity index (χ1) is 14.0. The van der Waals surface area contributed by atoms with E-state index in [0.717, 1.165) is 44.3 Å². The van der Waals surface area contributed by atoms with E-state index >= 15 is 0 Å². The van der Waals surface area contributed by atoms with Crippen molar-refractivity contribution in [3.8, 4) is 0 Å². The highest BCUT2D eigenvalue weighted by atomic mass is 32.2. The summed E-state index contributed by atoms with van der Waals surface area (Å²) in [6.45, 7) is 4.24. The second kappa shape index (κ2) is 10.3. The average molecular weight is 420 g/mol. The van der Waals surface area contributed by atoms with Gasteiger partial charge in [0.05, 0.1) is 11.5 Å². The van der Waals surface area contributed by atoms with Gasteiger partial charge in [-0.3, -0.25) is 9.08 Å². The first kappa shape index (κ1) is 21.9. The van der Waals surface area contributed by atoms with Crippen molar-refractivity contribution in [2.45, 2.75) is 55.9 Å². The van der Waals surface area contributed by atoms with Crippen molar-refractivity contribution in [1.82, 2.24) is 4.90 Å². The Hall–Kier alpha value is -1.76. The molecule has 3 rings (SSSR count). The molecule has 6 heteroatoms. The van der Waals surface area contributed by atoms with Crippen LogP contribution in [-0.4, -0.2) is 39.1 Å². The molecule has 1 saturated heterocycles. The van der Waals surface area contributed by atoms with E-state index in [1.54, 1.807) is 30.3 Å². The van der Waals surface area contributed by atoms with Crippen LogP contribution < -0.4 is 0 Å². The largest absolute Gasteiger partial charge is 0.298 e. The second-order valence-electron chi connectivity index (χ2n) is 7.83. The van der Waals surface area contributed by atoms with Gasteiger partial charge in [-0.25, -0.2) is 4.39 Å². The van der Waals surface area contributed by atoms with E-state index in [9.17, 15) is 12.8 Å². The van der Waals surface area contributed by atoms with Crippen LogP contribution in [0.5, 0.6) is 0 Å².